The van der Waals surface area contributed by atoms with E-state index in [-0.39, 0.29) is 0 Å². The number of Topliss-reactive ketones (excluding diaryl/α,β-unsaturated/α-hetero) is 2. The summed E-state index contributed by atoms with van der Waals surface area (Å²) in [6, 6.07) is 0. The van der Waals surface area contributed by atoms with E-state index in [2.05, 4.69) is 0 Å². The van der Waals surface area contributed by atoms with E-state index in [0.717, 1.165) is 23.0 Å². The number of hydrogen-bond donors (Lipinski definition) is 0. The van der Waals surface area contributed by atoms with Gasteiger partial charge in [-0.2, -0.15) is 23.5 Å². The molecule has 1 aliphatic heterocycles. The third-order valence-electron chi connectivity index (χ3n) is 2.10. The van der Waals surface area contributed by atoms with Crippen LogP contribution < -0.4 is 0 Å². The highest BCUT2D eigenvalue weighted by Gasteiger charge is 2.06. The van der Waals surface area contributed by atoms with E-state index < -0.39 is 0 Å². The SMILES string of the molecule is O=C1CCSCCC(=O)CCSCC1. The Morgan fingerprint density at radius 3 is 1.21 bits per heavy atom. The lowest BCUT2D eigenvalue weighted by Gasteiger charge is -2.05. The van der Waals surface area contributed by atoms with Crippen molar-refractivity contribution in [2.24, 2.45) is 0 Å². The highest BCUT2D eigenvalue weighted by Crippen LogP contribution is 2.12. The van der Waals surface area contributed by atoms with Gasteiger partial charge in [0, 0.05) is 48.7 Å². The van der Waals surface area contributed by atoms with Crippen molar-refractivity contribution in [1.82, 2.24) is 0 Å². The molecule has 0 amide bonds. The number of hydrogen-bond acceptors (Lipinski definition) is 4. The van der Waals surface area contributed by atoms with Gasteiger partial charge in [-0.15, -0.1) is 0 Å². The number of carbonyl (C=O) groups is 2. The molecule has 1 saturated heterocycles. The molecule has 0 bridgehead atoms. The Kier molecular flexibility index (Phi) is 6.36. The maximum Gasteiger partial charge on any atom is 0.134 e. The maximum atomic E-state index is 11.3. The standard InChI is InChI=1S/C10H16O2S2/c11-9-1-5-13-7-3-10(12)4-8-14-6-2-9/h1-8H2. The Hall–Kier alpha value is 0.0400. The van der Waals surface area contributed by atoms with Gasteiger partial charge in [-0.25, -0.2) is 0 Å². The molecule has 0 aliphatic carbocycles. The van der Waals surface area contributed by atoms with E-state index in [1.807, 2.05) is 0 Å². The second-order valence-electron chi connectivity index (χ2n) is 3.30. The van der Waals surface area contributed by atoms with Crippen LogP contribution in [0.3, 0.4) is 0 Å². The molecule has 0 N–H and O–H groups in total. The second kappa shape index (κ2) is 7.35. The van der Waals surface area contributed by atoms with Crippen molar-refractivity contribution in [3.63, 3.8) is 0 Å². The van der Waals surface area contributed by atoms with Gasteiger partial charge in [-0.05, 0) is 0 Å². The van der Waals surface area contributed by atoms with Crippen molar-refractivity contribution in [1.29, 1.82) is 0 Å². The van der Waals surface area contributed by atoms with Crippen LogP contribution in [0.5, 0.6) is 0 Å². The summed E-state index contributed by atoms with van der Waals surface area (Å²) in [7, 11) is 0. The molecule has 80 valence electrons. The van der Waals surface area contributed by atoms with Crippen LogP contribution in [0.1, 0.15) is 25.7 Å². The summed E-state index contributed by atoms with van der Waals surface area (Å²) in [6.45, 7) is 0. The maximum absolute atomic E-state index is 11.3. The molecular formula is C10H16O2S2. The molecule has 0 aromatic carbocycles. The van der Waals surface area contributed by atoms with Gasteiger partial charge in [-0.3, -0.25) is 9.59 Å². The molecule has 1 aliphatic rings. The molecule has 4 heteroatoms. The van der Waals surface area contributed by atoms with Gasteiger partial charge in [0.1, 0.15) is 11.6 Å². The van der Waals surface area contributed by atoms with E-state index in [9.17, 15) is 9.59 Å². The Labute approximate surface area is 93.6 Å². The van der Waals surface area contributed by atoms with Crippen LogP contribution in [0.2, 0.25) is 0 Å². The lowest BCUT2D eigenvalue weighted by Crippen LogP contribution is -2.06. The van der Waals surface area contributed by atoms with Crippen LogP contribution in [0.4, 0.5) is 0 Å². The predicted molar refractivity (Wildman–Crippen MR) is 63.1 cm³/mol. The monoisotopic (exact) mass is 232 g/mol. The molecule has 0 aromatic rings. The van der Waals surface area contributed by atoms with Gasteiger partial charge in [-0.1, -0.05) is 0 Å². The van der Waals surface area contributed by atoms with Crippen LogP contribution >= 0.6 is 23.5 Å². The zero-order valence-electron chi connectivity index (χ0n) is 8.29. The largest absolute Gasteiger partial charge is 0.300 e. The predicted octanol–water partition coefficient (Wildman–Crippen LogP) is 2.17. The Balaban J connectivity index is 2.26. The number of rotatable bonds is 0. The summed E-state index contributed by atoms with van der Waals surface area (Å²) in [5, 5.41) is 0. The van der Waals surface area contributed by atoms with E-state index in [1.165, 1.54) is 0 Å². The molecule has 0 spiro atoms. The van der Waals surface area contributed by atoms with Crippen molar-refractivity contribution in [3.8, 4) is 0 Å². The Morgan fingerprint density at radius 1 is 0.643 bits per heavy atom. The molecule has 0 radical (unpaired) electrons. The lowest BCUT2D eigenvalue weighted by atomic mass is 10.2. The smallest absolute Gasteiger partial charge is 0.134 e. The van der Waals surface area contributed by atoms with Gasteiger partial charge in [0.15, 0.2) is 0 Å². The van der Waals surface area contributed by atoms with E-state index >= 15 is 0 Å². The second-order valence-corrected chi connectivity index (χ2v) is 5.75. The van der Waals surface area contributed by atoms with Crippen LogP contribution in [-0.2, 0) is 9.59 Å². The molecule has 14 heavy (non-hydrogen) atoms. The van der Waals surface area contributed by atoms with Crippen molar-refractivity contribution in [2.45, 2.75) is 25.7 Å². The van der Waals surface area contributed by atoms with Gasteiger partial charge >= 0.3 is 0 Å². The quantitative estimate of drug-likeness (QED) is 0.641. The van der Waals surface area contributed by atoms with Crippen LogP contribution in [0.15, 0.2) is 0 Å². The summed E-state index contributed by atoms with van der Waals surface area (Å²) in [4.78, 5) is 22.5. The minimum Gasteiger partial charge on any atom is -0.300 e. The number of carbonyl (C=O) groups excluding carboxylic acids is 2. The number of ketones is 2. The molecule has 2 nitrogen and oxygen atoms in total. The molecule has 0 unspecified atom stereocenters. The Morgan fingerprint density at radius 2 is 0.929 bits per heavy atom. The first kappa shape index (κ1) is 12.1. The van der Waals surface area contributed by atoms with Crippen molar-refractivity contribution < 1.29 is 9.59 Å². The van der Waals surface area contributed by atoms with Gasteiger partial charge in [0.05, 0.1) is 0 Å². The van der Waals surface area contributed by atoms with Gasteiger partial charge < -0.3 is 0 Å². The van der Waals surface area contributed by atoms with E-state index in [4.69, 9.17) is 0 Å². The van der Waals surface area contributed by atoms with Crippen LogP contribution in [-0.4, -0.2) is 34.6 Å². The minimum absolute atomic E-state index is 0.372. The fraction of sp³-hybridized carbons (Fsp3) is 0.800. The third-order valence-corrected chi connectivity index (χ3v) is 4.07. The van der Waals surface area contributed by atoms with E-state index in [0.29, 0.717) is 37.2 Å². The minimum atomic E-state index is 0.372. The van der Waals surface area contributed by atoms with Crippen LogP contribution in [0.25, 0.3) is 0 Å². The molecule has 0 atom stereocenters. The zero-order valence-corrected chi connectivity index (χ0v) is 9.92. The van der Waals surface area contributed by atoms with Crippen molar-refractivity contribution in [2.75, 3.05) is 23.0 Å². The number of thioether (sulfide) groups is 2. The first-order valence-electron chi connectivity index (χ1n) is 4.98. The molecular weight excluding hydrogens is 216 g/mol. The summed E-state index contributed by atoms with van der Waals surface area (Å²) in [6.07, 6.45) is 2.72. The molecule has 1 rings (SSSR count). The average Bonchev–Trinajstić information content (AvgIpc) is 2.14. The molecule has 1 heterocycles. The van der Waals surface area contributed by atoms with Gasteiger partial charge in [0.25, 0.3) is 0 Å². The molecule has 1 fully saturated rings. The fourth-order valence-electron chi connectivity index (χ4n) is 1.20. The molecule has 0 aromatic heterocycles. The van der Waals surface area contributed by atoms with Gasteiger partial charge in [0.2, 0.25) is 0 Å². The Bertz CT molecular complexity index is 166. The van der Waals surface area contributed by atoms with Crippen molar-refractivity contribution >= 4 is 35.1 Å². The van der Waals surface area contributed by atoms with E-state index in [1.54, 1.807) is 23.5 Å². The van der Waals surface area contributed by atoms with Crippen LogP contribution in [0, 0.1) is 0 Å². The summed E-state index contributed by atoms with van der Waals surface area (Å²) < 4.78 is 0. The first-order valence-corrected chi connectivity index (χ1v) is 7.29. The fourth-order valence-corrected chi connectivity index (χ4v) is 3.09. The lowest BCUT2D eigenvalue weighted by molar-refractivity contribution is -0.118. The summed E-state index contributed by atoms with van der Waals surface area (Å²) in [5.74, 6) is 4.29. The summed E-state index contributed by atoms with van der Waals surface area (Å²) in [5.41, 5.74) is 0. The zero-order chi connectivity index (χ0) is 10.2. The topological polar surface area (TPSA) is 34.1 Å². The normalized spacial score (nSPS) is 22.6. The highest BCUT2D eigenvalue weighted by molar-refractivity contribution is 7.99. The molecule has 0 saturated carbocycles. The first-order chi connectivity index (χ1) is 6.79. The third kappa shape index (κ3) is 5.70. The van der Waals surface area contributed by atoms with Crippen molar-refractivity contribution in [3.05, 3.63) is 0 Å². The average molecular weight is 232 g/mol. The highest BCUT2D eigenvalue weighted by atomic mass is 32.2. The summed E-state index contributed by atoms with van der Waals surface area (Å²) >= 11 is 3.45.